The minimum absolute atomic E-state index is 0. The summed E-state index contributed by atoms with van der Waals surface area (Å²) in [4.78, 5) is 26.5. The Labute approximate surface area is 149 Å². The van der Waals surface area contributed by atoms with Gasteiger partial charge >= 0.3 is 0 Å². The van der Waals surface area contributed by atoms with Crippen LogP contribution >= 0.6 is 12.4 Å². The van der Waals surface area contributed by atoms with Crippen molar-refractivity contribution in [3.05, 3.63) is 29.8 Å². The maximum atomic E-state index is 12.7. The van der Waals surface area contributed by atoms with Gasteiger partial charge in [0.1, 0.15) is 0 Å². The molecule has 5 nitrogen and oxygen atoms in total. The third-order valence-electron chi connectivity index (χ3n) is 4.62. The summed E-state index contributed by atoms with van der Waals surface area (Å²) in [6.45, 7) is 2.57. The average molecular weight is 352 g/mol. The molecule has 1 unspecified atom stereocenters. The van der Waals surface area contributed by atoms with Gasteiger partial charge in [-0.15, -0.1) is 12.4 Å². The molecular weight excluding hydrogens is 326 g/mol. The number of carbonyl (C=O) groups is 2. The Morgan fingerprint density at radius 2 is 2.04 bits per heavy atom. The van der Waals surface area contributed by atoms with Gasteiger partial charge in [0, 0.05) is 30.3 Å². The van der Waals surface area contributed by atoms with Crippen molar-refractivity contribution >= 4 is 29.9 Å². The van der Waals surface area contributed by atoms with Gasteiger partial charge in [-0.05, 0) is 63.4 Å². The number of rotatable bonds is 5. The van der Waals surface area contributed by atoms with Crippen LogP contribution in [0.1, 0.15) is 36.0 Å². The number of nitrogens with zero attached hydrogens (tertiary/aromatic N) is 1. The van der Waals surface area contributed by atoms with E-state index < -0.39 is 0 Å². The third kappa shape index (κ3) is 4.71. The highest BCUT2D eigenvalue weighted by molar-refractivity contribution is 5.98. The first-order valence-corrected chi connectivity index (χ1v) is 8.52. The van der Waals surface area contributed by atoms with E-state index >= 15 is 0 Å². The fraction of sp³-hybridized carbons (Fsp3) is 0.556. The molecule has 1 aliphatic carbocycles. The van der Waals surface area contributed by atoms with E-state index in [9.17, 15) is 9.59 Å². The Hall–Kier alpha value is -1.59. The second kappa shape index (κ2) is 8.49. The highest BCUT2D eigenvalue weighted by Crippen LogP contribution is 2.30. The summed E-state index contributed by atoms with van der Waals surface area (Å²) < 4.78 is 0. The lowest BCUT2D eigenvalue weighted by Gasteiger charge is -2.32. The van der Waals surface area contributed by atoms with E-state index in [4.69, 9.17) is 0 Å². The van der Waals surface area contributed by atoms with E-state index in [0.29, 0.717) is 11.5 Å². The van der Waals surface area contributed by atoms with Gasteiger partial charge in [0.2, 0.25) is 5.91 Å². The summed E-state index contributed by atoms with van der Waals surface area (Å²) in [6, 6.07) is 7.31. The largest absolute Gasteiger partial charge is 0.338 e. The molecule has 2 fully saturated rings. The Bertz CT molecular complexity index is 587. The molecule has 2 N–H and O–H groups in total. The maximum Gasteiger partial charge on any atom is 0.253 e. The van der Waals surface area contributed by atoms with Gasteiger partial charge in [-0.1, -0.05) is 6.07 Å². The molecule has 1 saturated heterocycles. The number of hydrogen-bond acceptors (Lipinski definition) is 3. The van der Waals surface area contributed by atoms with Gasteiger partial charge in [0.15, 0.2) is 0 Å². The van der Waals surface area contributed by atoms with E-state index in [-0.39, 0.29) is 30.1 Å². The molecule has 1 aromatic rings. The monoisotopic (exact) mass is 351 g/mol. The number of carbonyl (C=O) groups excluding carboxylic acids is 2. The number of piperidine rings is 1. The van der Waals surface area contributed by atoms with Crippen molar-refractivity contribution in [3.63, 3.8) is 0 Å². The molecule has 0 aromatic heterocycles. The fourth-order valence-electron chi connectivity index (χ4n) is 3.21. The van der Waals surface area contributed by atoms with Crippen LogP contribution in [0.3, 0.4) is 0 Å². The van der Waals surface area contributed by atoms with Crippen molar-refractivity contribution in [1.29, 1.82) is 0 Å². The minimum Gasteiger partial charge on any atom is -0.338 e. The van der Waals surface area contributed by atoms with Crippen molar-refractivity contribution in [2.75, 3.05) is 32.0 Å². The third-order valence-corrected chi connectivity index (χ3v) is 4.62. The first-order chi connectivity index (χ1) is 11.2. The zero-order chi connectivity index (χ0) is 16.2. The molecule has 1 heterocycles. The molecule has 6 heteroatoms. The SMILES string of the molecule is CNCC1CCCN(C(=O)c2cccc(NC(=O)C3CC3)c2)C1.Cl. The van der Waals surface area contributed by atoms with Crippen molar-refractivity contribution < 1.29 is 9.59 Å². The first-order valence-electron chi connectivity index (χ1n) is 8.52. The zero-order valence-corrected chi connectivity index (χ0v) is 14.9. The Kier molecular flexibility index (Phi) is 6.63. The van der Waals surface area contributed by atoms with Crippen LogP contribution in [0, 0.1) is 11.8 Å². The van der Waals surface area contributed by atoms with E-state index in [1.165, 1.54) is 6.42 Å². The molecule has 1 atom stereocenters. The van der Waals surface area contributed by atoms with E-state index in [2.05, 4.69) is 10.6 Å². The van der Waals surface area contributed by atoms with Crippen LogP contribution in [0.5, 0.6) is 0 Å². The predicted molar refractivity (Wildman–Crippen MR) is 97.6 cm³/mol. The van der Waals surface area contributed by atoms with Crippen LogP contribution < -0.4 is 10.6 Å². The number of likely N-dealkylation sites (tertiary alicyclic amines) is 1. The first kappa shape index (κ1) is 18.7. The van der Waals surface area contributed by atoms with E-state index in [0.717, 1.165) is 44.6 Å². The van der Waals surface area contributed by atoms with Crippen molar-refractivity contribution in [3.8, 4) is 0 Å². The van der Waals surface area contributed by atoms with Crippen LogP contribution in [0.25, 0.3) is 0 Å². The summed E-state index contributed by atoms with van der Waals surface area (Å²) in [5, 5.41) is 6.11. The molecular formula is C18H26ClN3O2. The van der Waals surface area contributed by atoms with Crippen LogP contribution in [0.4, 0.5) is 5.69 Å². The smallest absolute Gasteiger partial charge is 0.253 e. The molecule has 2 aliphatic rings. The standard InChI is InChI=1S/C18H25N3O2.ClH/c1-19-11-13-4-3-9-21(12-13)18(23)15-5-2-6-16(10-15)20-17(22)14-7-8-14;/h2,5-6,10,13-14,19H,3-4,7-9,11-12H2,1H3,(H,20,22);1H. The quantitative estimate of drug-likeness (QED) is 0.857. The van der Waals surface area contributed by atoms with Gasteiger partial charge in [-0.25, -0.2) is 0 Å². The van der Waals surface area contributed by atoms with Crippen molar-refractivity contribution in [2.24, 2.45) is 11.8 Å². The number of amides is 2. The molecule has 3 rings (SSSR count). The molecule has 1 saturated carbocycles. The molecule has 1 aliphatic heterocycles. The van der Waals surface area contributed by atoms with Crippen molar-refractivity contribution in [1.82, 2.24) is 10.2 Å². The average Bonchev–Trinajstić information content (AvgIpc) is 3.40. The van der Waals surface area contributed by atoms with Gasteiger partial charge < -0.3 is 15.5 Å². The number of halogens is 1. The normalized spacial score (nSPS) is 20.2. The van der Waals surface area contributed by atoms with Crippen LogP contribution in [0.2, 0.25) is 0 Å². The topological polar surface area (TPSA) is 61.4 Å². The molecule has 0 spiro atoms. The molecule has 0 radical (unpaired) electrons. The lowest BCUT2D eigenvalue weighted by Crippen LogP contribution is -2.42. The number of nitrogens with one attached hydrogen (secondary N) is 2. The maximum absolute atomic E-state index is 12.7. The van der Waals surface area contributed by atoms with Gasteiger partial charge in [-0.2, -0.15) is 0 Å². The second-order valence-corrected chi connectivity index (χ2v) is 6.66. The summed E-state index contributed by atoms with van der Waals surface area (Å²) in [6.07, 6.45) is 4.18. The zero-order valence-electron chi connectivity index (χ0n) is 14.1. The van der Waals surface area contributed by atoms with Gasteiger partial charge in [0.25, 0.3) is 5.91 Å². The molecule has 0 bridgehead atoms. The molecule has 2 amide bonds. The Morgan fingerprint density at radius 1 is 1.25 bits per heavy atom. The molecule has 1 aromatic carbocycles. The highest BCUT2D eigenvalue weighted by atomic mass is 35.5. The highest BCUT2D eigenvalue weighted by Gasteiger charge is 2.30. The van der Waals surface area contributed by atoms with Crippen LogP contribution in [0.15, 0.2) is 24.3 Å². The lowest BCUT2D eigenvalue weighted by molar-refractivity contribution is -0.117. The molecule has 132 valence electrons. The minimum atomic E-state index is 0. The summed E-state index contributed by atoms with van der Waals surface area (Å²) in [5.41, 5.74) is 1.38. The Balaban J connectivity index is 0.00000208. The fourth-order valence-corrected chi connectivity index (χ4v) is 3.21. The van der Waals surface area contributed by atoms with Crippen LogP contribution in [-0.4, -0.2) is 43.4 Å². The number of benzene rings is 1. The summed E-state index contributed by atoms with van der Waals surface area (Å²) >= 11 is 0. The molecule has 24 heavy (non-hydrogen) atoms. The predicted octanol–water partition coefficient (Wildman–Crippen LogP) is 2.53. The van der Waals surface area contributed by atoms with E-state index in [1.807, 2.05) is 30.1 Å². The number of anilines is 1. The van der Waals surface area contributed by atoms with E-state index in [1.54, 1.807) is 6.07 Å². The Morgan fingerprint density at radius 3 is 2.75 bits per heavy atom. The van der Waals surface area contributed by atoms with Crippen LogP contribution in [-0.2, 0) is 4.79 Å². The second-order valence-electron chi connectivity index (χ2n) is 6.66. The summed E-state index contributed by atoms with van der Waals surface area (Å²) in [5.74, 6) is 0.823. The number of hydrogen-bond donors (Lipinski definition) is 2. The van der Waals surface area contributed by atoms with Gasteiger partial charge in [0.05, 0.1) is 0 Å². The lowest BCUT2D eigenvalue weighted by atomic mass is 9.97. The van der Waals surface area contributed by atoms with Gasteiger partial charge in [-0.3, -0.25) is 9.59 Å². The van der Waals surface area contributed by atoms with Crippen molar-refractivity contribution in [2.45, 2.75) is 25.7 Å². The summed E-state index contributed by atoms with van der Waals surface area (Å²) in [7, 11) is 1.95.